The van der Waals surface area contributed by atoms with Crippen LogP contribution in [-0.2, 0) is 4.79 Å². The van der Waals surface area contributed by atoms with E-state index in [9.17, 15) is 9.90 Å². The molecule has 0 atom stereocenters. The number of azo groups is 1. The van der Waals surface area contributed by atoms with Crippen LogP contribution >= 0.6 is 0 Å². The van der Waals surface area contributed by atoms with E-state index in [1.165, 1.54) is 5.56 Å². The van der Waals surface area contributed by atoms with Crippen molar-refractivity contribution >= 4 is 28.7 Å². The number of amides is 1. The minimum absolute atomic E-state index is 0.0307. The summed E-state index contributed by atoms with van der Waals surface area (Å²) in [6.45, 7) is 2.04. The Morgan fingerprint density at radius 3 is 2.36 bits per heavy atom. The molecule has 0 saturated carbocycles. The maximum Gasteiger partial charge on any atom is 0.235 e. The van der Waals surface area contributed by atoms with E-state index in [4.69, 9.17) is 0 Å². The van der Waals surface area contributed by atoms with Crippen molar-refractivity contribution in [2.45, 2.75) is 13.3 Å². The van der Waals surface area contributed by atoms with E-state index >= 15 is 0 Å². The molecule has 1 aliphatic rings. The zero-order valence-corrected chi connectivity index (χ0v) is 15.4. The topological polar surface area (TPSA) is 65.3 Å². The van der Waals surface area contributed by atoms with Gasteiger partial charge >= 0.3 is 0 Å². The van der Waals surface area contributed by atoms with Crippen LogP contribution in [0.1, 0.15) is 17.5 Å². The Balaban J connectivity index is 1.62. The van der Waals surface area contributed by atoms with Crippen LogP contribution in [0.3, 0.4) is 0 Å². The highest BCUT2D eigenvalue weighted by atomic mass is 16.3. The highest BCUT2D eigenvalue weighted by Gasteiger charge is 2.26. The predicted molar refractivity (Wildman–Crippen MR) is 110 cm³/mol. The molecule has 0 aliphatic carbocycles. The second-order valence-electron chi connectivity index (χ2n) is 6.62. The molecule has 0 radical (unpaired) electrons. The first-order chi connectivity index (χ1) is 13.6. The molecule has 3 aromatic carbocycles. The molecule has 1 aliphatic heterocycles. The molecule has 138 valence electrons. The molecule has 28 heavy (non-hydrogen) atoms. The van der Waals surface area contributed by atoms with E-state index in [2.05, 4.69) is 10.2 Å². The highest BCUT2D eigenvalue weighted by molar-refractivity contribution is 6.11. The third kappa shape index (κ3) is 3.69. The SMILES string of the molecule is Cc1ccc(C2=CCC(=O)N2c2cccc(N=Nc3ccc(O)cc3)c2)cc1. The zero-order valence-electron chi connectivity index (χ0n) is 15.4. The fourth-order valence-corrected chi connectivity index (χ4v) is 3.08. The Kier molecular flexibility index (Phi) is 4.72. The first-order valence-corrected chi connectivity index (χ1v) is 9.01. The summed E-state index contributed by atoms with van der Waals surface area (Å²) >= 11 is 0. The Morgan fingerprint density at radius 1 is 0.893 bits per heavy atom. The number of hydrogen-bond donors (Lipinski definition) is 1. The second-order valence-corrected chi connectivity index (χ2v) is 6.62. The summed E-state index contributed by atoms with van der Waals surface area (Å²) in [7, 11) is 0. The van der Waals surface area contributed by atoms with E-state index in [1.54, 1.807) is 29.2 Å². The van der Waals surface area contributed by atoms with Crippen LogP contribution in [0.5, 0.6) is 5.75 Å². The lowest BCUT2D eigenvalue weighted by molar-refractivity contribution is -0.116. The lowest BCUT2D eigenvalue weighted by atomic mass is 10.1. The molecule has 1 amide bonds. The van der Waals surface area contributed by atoms with Gasteiger partial charge in [-0.05, 0) is 55.0 Å². The quantitative estimate of drug-likeness (QED) is 0.582. The number of anilines is 1. The van der Waals surface area contributed by atoms with Crippen molar-refractivity contribution in [1.82, 2.24) is 0 Å². The van der Waals surface area contributed by atoms with E-state index in [-0.39, 0.29) is 11.7 Å². The van der Waals surface area contributed by atoms with Gasteiger partial charge in [0.1, 0.15) is 5.75 Å². The molecule has 0 saturated heterocycles. The van der Waals surface area contributed by atoms with Gasteiger partial charge in [-0.1, -0.05) is 42.0 Å². The van der Waals surface area contributed by atoms with Crippen LogP contribution < -0.4 is 4.90 Å². The summed E-state index contributed by atoms with van der Waals surface area (Å²) < 4.78 is 0. The van der Waals surface area contributed by atoms with Crippen molar-refractivity contribution in [2.75, 3.05) is 4.90 Å². The number of carbonyl (C=O) groups is 1. The van der Waals surface area contributed by atoms with Crippen molar-refractivity contribution in [1.29, 1.82) is 0 Å². The molecule has 0 spiro atoms. The highest BCUT2D eigenvalue weighted by Crippen LogP contribution is 2.34. The maximum atomic E-state index is 12.5. The van der Waals surface area contributed by atoms with Gasteiger partial charge in [0.15, 0.2) is 0 Å². The molecule has 0 aromatic heterocycles. The van der Waals surface area contributed by atoms with Crippen molar-refractivity contribution in [3.05, 3.63) is 90.0 Å². The number of benzene rings is 3. The molecular weight excluding hydrogens is 350 g/mol. The molecule has 0 fully saturated rings. The van der Waals surface area contributed by atoms with Gasteiger partial charge in [0, 0.05) is 6.42 Å². The van der Waals surface area contributed by atoms with Crippen LogP contribution in [0, 0.1) is 6.92 Å². The van der Waals surface area contributed by atoms with E-state index in [0.29, 0.717) is 17.8 Å². The van der Waals surface area contributed by atoms with E-state index in [1.807, 2.05) is 61.5 Å². The molecule has 1 N–H and O–H groups in total. The van der Waals surface area contributed by atoms with E-state index in [0.717, 1.165) is 16.9 Å². The molecule has 0 bridgehead atoms. The zero-order chi connectivity index (χ0) is 19.5. The van der Waals surface area contributed by atoms with Gasteiger partial charge < -0.3 is 5.11 Å². The average Bonchev–Trinajstić information content (AvgIpc) is 3.10. The normalized spacial score (nSPS) is 14.0. The molecular formula is C23H19N3O2. The minimum Gasteiger partial charge on any atom is -0.508 e. The number of hydrogen-bond acceptors (Lipinski definition) is 4. The number of phenols is 1. The summed E-state index contributed by atoms with van der Waals surface area (Å²) in [6.07, 6.45) is 2.33. The third-order valence-corrected chi connectivity index (χ3v) is 4.53. The maximum absolute atomic E-state index is 12.5. The largest absolute Gasteiger partial charge is 0.508 e. The van der Waals surface area contributed by atoms with Crippen LogP contribution in [-0.4, -0.2) is 11.0 Å². The summed E-state index contributed by atoms with van der Waals surface area (Å²) in [4.78, 5) is 14.3. The summed E-state index contributed by atoms with van der Waals surface area (Å²) in [6, 6.07) is 22.1. The van der Waals surface area contributed by atoms with Gasteiger partial charge in [0.2, 0.25) is 5.91 Å². The van der Waals surface area contributed by atoms with Crippen molar-refractivity contribution in [3.8, 4) is 5.75 Å². The molecule has 5 heteroatoms. The summed E-state index contributed by atoms with van der Waals surface area (Å²) in [5.41, 5.74) is 5.12. The summed E-state index contributed by atoms with van der Waals surface area (Å²) in [5, 5.41) is 17.8. The van der Waals surface area contributed by atoms with Crippen LogP contribution in [0.15, 0.2) is 89.1 Å². The van der Waals surface area contributed by atoms with Crippen LogP contribution in [0.2, 0.25) is 0 Å². The average molecular weight is 369 g/mol. The van der Waals surface area contributed by atoms with Crippen LogP contribution in [0.25, 0.3) is 5.70 Å². The van der Waals surface area contributed by atoms with Gasteiger partial charge in [0.25, 0.3) is 0 Å². The number of nitrogens with zero attached hydrogens (tertiary/aromatic N) is 3. The van der Waals surface area contributed by atoms with Gasteiger partial charge in [-0.15, -0.1) is 0 Å². The number of aromatic hydroxyl groups is 1. The predicted octanol–water partition coefficient (Wildman–Crippen LogP) is 5.89. The number of carbonyl (C=O) groups excluding carboxylic acids is 1. The Labute approximate surface area is 163 Å². The van der Waals surface area contributed by atoms with Crippen molar-refractivity contribution < 1.29 is 9.90 Å². The lowest BCUT2D eigenvalue weighted by Crippen LogP contribution is -2.23. The number of rotatable bonds is 4. The van der Waals surface area contributed by atoms with Crippen molar-refractivity contribution in [2.24, 2.45) is 10.2 Å². The smallest absolute Gasteiger partial charge is 0.235 e. The number of phenolic OH excluding ortho intramolecular Hbond substituents is 1. The first-order valence-electron chi connectivity index (χ1n) is 9.01. The second kappa shape index (κ2) is 7.48. The third-order valence-electron chi connectivity index (χ3n) is 4.53. The lowest BCUT2D eigenvalue weighted by Gasteiger charge is -2.21. The molecule has 0 unspecified atom stereocenters. The Bertz CT molecular complexity index is 1070. The van der Waals surface area contributed by atoms with Gasteiger partial charge in [0.05, 0.1) is 22.8 Å². The Morgan fingerprint density at radius 2 is 1.61 bits per heavy atom. The first kappa shape index (κ1) is 17.7. The fourth-order valence-electron chi connectivity index (χ4n) is 3.08. The monoisotopic (exact) mass is 369 g/mol. The molecule has 3 aromatic rings. The summed E-state index contributed by atoms with van der Waals surface area (Å²) in [5.74, 6) is 0.215. The molecule has 5 nitrogen and oxygen atoms in total. The van der Waals surface area contributed by atoms with Gasteiger partial charge in [-0.25, -0.2) is 0 Å². The fraction of sp³-hybridized carbons (Fsp3) is 0.0870. The number of aryl methyl sites for hydroxylation is 1. The van der Waals surface area contributed by atoms with Crippen LogP contribution in [0.4, 0.5) is 17.1 Å². The molecule has 1 heterocycles. The van der Waals surface area contributed by atoms with Gasteiger partial charge in [-0.3, -0.25) is 9.69 Å². The van der Waals surface area contributed by atoms with Gasteiger partial charge in [-0.2, -0.15) is 10.2 Å². The van der Waals surface area contributed by atoms with E-state index < -0.39 is 0 Å². The Hall–Kier alpha value is -3.73. The standard InChI is InChI=1S/C23H19N3O2/c1-16-5-7-17(8-6-16)22-13-14-23(28)26(22)20-4-2-3-19(15-20)25-24-18-9-11-21(27)12-10-18/h2-13,15,27H,14H2,1H3. The minimum atomic E-state index is 0.0307. The van der Waals surface area contributed by atoms with Crippen molar-refractivity contribution in [3.63, 3.8) is 0 Å². The molecule has 4 rings (SSSR count).